The number of anilines is 1. The van der Waals surface area contributed by atoms with Gasteiger partial charge in [0, 0.05) is 26.8 Å². The van der Waals surface area contributed by atoms with E-state index in [1.54, 1.807) is 0 Å². The molecule has 7 heteroatoms. The number of hydrogen-bond acceptors (Lipinski definition) is 5. The molecule has 0 aliphatic carbocycles. The first-order valence-corrected chi connectivity index (χ1v) is 8.36. The van der Waals surface area contributed by atoms with Crippen LogP contribution in [0.2, 0.25) is 0 Å². The van der Waals surface area contributed by atoms with Crippen LogP contribution in [0.1, 0.15) is 19.8 Å². The van der Waals surface area contributed by atoms with Crippen LogP contribution in [0.5, 0.6) is 5.75 Å². The van der Waals surface area contributed by atoms with Crippen LogP contribution in [-0.4, -0.2) is 46.6 Å². The molecule has 0 aromatic heterocycles. The minimum atomic E-state index is -3.49. The van der Waals surface area contributed by atoms with Gasteiger partial charge in [-0.15, -0.1) is 0 Å². The molecule has 2 N–H and O–H groups in total. The van der Waals surface area contributed by atoms with Crippen LogP contribution in [0.3, 0.4) is 0 Å². The van der Waals surface area contributed by atoms with E-state index in [1.807, 2.05) is 0 Å². The van der Waals surface area contributed by atoms with E-state index in [2.05, 4.69) is 6.92 Å². The fourth-order valence-corrected chi connectivity index (χ4v) is 2.49. The normalized spacial score (nSPS) is 11.8. The van der Waals surface area contributed by atoms with Gasteiger partial charge in [-0.05, 0) is 18.6 Å². The molecule has 0 heterocycles. The highest BCUT2D eigenvalue weighted by atomic mass is 32.2. The van der Waals surface area contributed by atoms with E-state index in [0.29, 0.717) is 31.3 Å². The summed E-state index contributed by atoms with van der Waals surface area (Å²) in [5, 5.41) is 0. The molecule has 0 aliphatic heterocycles. The van der Waals surface area contributed by atoms with Gasteiger partial charge in [0.2, 0.25) is 10.0 Å². The lowest BCUT2D eigenvalue weighted by Gasteiger charge is -2.14. The van der Waals surface area contributed by atoms with E-state index in [1.165, 1.54) is 32.3 Å². The van der Waals surface area contributed by atoms with Gasteiger partial charge in [-0.25, -0.2) is 12.7 Å². The Labute approximate surface area is 126 Å². The highest BCUT2D eigenvalue weighted by Gasteiger charge is 2.18. The number of ether oxygens (including phenoxy) is 2. The van der Waals surface area contributed by atoms with E-state index < -0.39 is 10.0 Å². The maximum absolute atomic E-state index is 12.0. The molecule has 21 heavy (non-hydrogen) atoms. The molecule has 0 radical (unpaired) electrons. The van der Waals surface area contributed by atoms with Gasteiger partial charge in [0.1, 0.15) is 12.4 Å². The predicted molar refractivity (Wildman–Crippen MR) is 82.9 cm³/mol. The first-order valence-electron chi connectivity index (χ1n) is 6.92. The van der Waals surface area contributed by atoms with Crippen LogP contribution in [0, 0.1) is 0 Å². The number of nitrogens with zero attached hydrogens (tertiary/aromatic N) is 1. The maximum atomic E-state index is 12.0. The number of nitrogens with two attached hydrogens (primary N) is 1. The van der Waals surface area contributed by atoms with Gasteiger partial charge >= 0.3 is 0 Å². The second kappa shape index (κ2) is 8.21. The molecule has 1 rings (SSSR count). The van der Waals surface area contributed by atoms with Crippen molar-refractivity contribution in [3.8, 4) is 5.75 Å². The third-order valence-electron chi connectivity index (χ3n) is 2.89. The van der Waals surface area contributed by atoms with Gasteiger partial charge in [0.25, 0.3) is 0 Å². The van der Waals surface area contributed by atoms with Crippen LogP contribution in [0.25, 0.3) is 0 Å². The standard InChI is InChI=1S/C14H24N2O4S/c1-4-5-8-19-9-10-20-14-11-12(6-7-13(14)15)21(17,18)16(2)3/h6-7,11H,4-5,8-10,15H2,1-3H3. The van der Waals surface area contributed by atoms with Crippen molar-refractivity contribution < 1.29 is 17.9 Å². The zero-order valence-electron chi connectivity index (χ0n) is 12.8. The van der Waals surface area contributed by atoms with Crippen LogP contribution < -0.4 is 10.5 Å². The summed E-state index contributed by atoms with van der Waals surface area (Å²) in [5.41, 5.74) is 6.20. The van der Waals surface area contributed by atoms with E-state index >= 15 is 0 Å². The summed E-state index contributed by atoms with van der Waals surface area (Å²) in [5.74, 6) is 0.358. The Morgan fingerprint density at radius 1 is 1.19 bits per heavy atom. The summed E-state index contributed by atoms with van der Waals surface area (Å²) >= 11 is 0. The van der Waals surface area contributed by atoms with Crippen molar-refractivity contribution in [1.29, 1.82) is 0 Å². The molecule has 1 aromatic carbocycles. The van der Waals surface area contributed by atoms with Crippen molar-refractivity contribution in [1.82, 2.24) is 4.31 Å². The number of sulfonamides is 1. The first kappa shape index (κ1) is 17.7. The average molecular weight is 316 g/mol. The summed E-state index contributed by atoms with van der Waals surface area (Å²) < 4.78 is 36.1. The largest absolute Gasteiger partial charge is 0.489 e. The number of hydrogen-bond donors (Lipinski definition) is 1. The number of nitrogen functional groups attached to an aromatic ring is 1. The van der Waals surface area contributed by atoms with E-state index in [4.69, 9.17) is 15.2 Å². The van der Waals surface area contributed by atoms with Crippen LogP contribution in [-0.2, 0) is 14.8 Å². The van der Waals surface area contributed by atoms with Crippen molar-refractivity contribution in [3.63, 3.8) is 0 Å². The lowest BCUT2D eigenvalue weighted by atomic mass is 10.3. The van der Waals surface area contributed by atoms with E-state index in [9.17, 15) is 8.42 Å². The molecule has 0 saturated carbocycles. The Balaban J connectivity index is 2.67. The van der Waals surface area contributed by atoms with Crippen molar-refractivity contribution in [2.24, 2.45) is 0 Å². The molecule has 0 bridgehead atoms. The van der Waals surface area contributed by atoms with Crippen LogP contribution in [0.15, 0.2) is 23.1 Å². The molecule has 0 fully saturated rings. The molecular formula is C14H24N2O4S. The third-order valence-corrected chi connectivity index (χ3v) is 4.70. The van der Waals surface area contributed by atoms with Crippen molar-refractivity contribution in [3.05, 3.63) is 18.2 Å². The summed E-state index contributed by atoms with van der Waals surface area (Å²) in [6, 6.07) is 4.44. The van der Waals surface area contributed by atoms with Gasteiger partial charge in [-0.2, -0.15) is 0 Å². The molecule has 1 aromatic rings. The Morgan fingerprint density at radius 2 is 1.90 bits per heavy atom. The Hall–Kier alpha value is -1.31. The Morgan fingerprint density at radius 3 is 2.52 bits per heavy atom. The molecule has 0 atom stereocenters. The fourth-order valence-electron chi connectivity index (χ4n) is 1.57. The number of benzene rings is 1. The molecule has 0 amide bonds. The Kier molecular flexibility index (Phi) is 6.94. The lowest BCUT2D eigenvalue weighted by molar-refractivity contribution is 0.0982. The molecule has 0 aliphatic rings. The summed E-state index contributed by atoms with van der Waals surface area (Å²) in [6.45, 7) is 3.57. The van der Waals surface area contributed by atoms with Crippen LogP contribution in [0.4, 0.5) is 5.69 Å². The highest BCUT2D eigenvalue weighted by Crippen LogP contribution is 2.26. The smallest absolute Gasteiger partial charge is 0.242 e. The van der Waals surface area contributed by atoms with Gasteiger partial charge in [0.15, 0.2) is 0 Å². The molecular weight excluding hydrogens is 292 g/mol. The minimum Gasteiger partial charge on any atom is -0.489 e. The lowest BCUT2D eigenvalue weighted by Crippen LogP contribution is -2.22. The van der Waals surface area contributed by atoms with Gasteiger partial charge in [0.05, 0.1) is 17.2 Å². The molecule has 120 valence electrons. The van der Waals surface area contributed by atoms with Crippen LogP contribution >= 0.6 is 0 Å². The van der Waals surface area contributed by atoms with Crippen molar-refractivity contribution in [2.45, 2.75) is 24.7 Å². The quantitative estimate of drug-likeness (QED) is 0.554. The van der Waals surface area contributed by atoms with Gasteiger partial charge < -0.3 is 15.2 Å². The molecule has 0 unspecified atom stereocenters. The monoisotopic (exact) mass is 316 g/mol. The predicted octanol–water partition coefficient (Wildman–Crippen LogP) is 1.71. The van der Waals surface area contributed by atoms with Gasteiger partial charge in [-0.3, -0.25) is 0 Å². The molecule has 0 saturated heterocycles. The summed E-state index contributed by atoms with van der Waals surface area (Å²) in [4.78, 5) is 0.156. The minimum absolute atomic E-state index is 0.156. The zero-order chi connectivity index (χ0) is 15.9. The van der Waals surface area contributed by atoms with Crippen molar-refractivity contribution >= 4 is 15.7 Å². The fraction of sp³-hybridized carbons (Fsp3) is 0.571. The third kappa shape index (κ3) is 5.18. The zero-order valence-corrected chi connectivity index (χ0v) is 13.6. The number of rotatable bonds is 9. The first-order chi connectivity index (χ1) is 9.89. The number of unbranched alkanes of at least 4 members (excludes halogenated alkanes) is 1. The second-order valence-electron chi connectivity index (χ2n) is 4.80. The highest BCUT2D eigenvalue weighted by molar-refractivity contribution is 7.89. The Bertz CT molecular complexity index is 544. The second-order valence-corrected chi connectivity index (χ2v) is 6.95. The summed E-state index contributed by atoms with van der Waals surface area (Å²) in [6.07, 6.45) is 2.09. The maximum Gasteiger partial charge on any atom is 0.242 e. The van der Waals surface area contributed by atoms with Crippen molar-refractivity contribution in [2.75, 3.05) is 39.6 Å². The SMILES string of the molecule is CCCCOCCOc1cc(S(=O)(=O)N(C)C)ccc1N. The molecule has 0 spiro atoms. The average Bonchev–Trinajstić information content (AvgIpc) is 2.44. The topological polar surface area (TPSA) is 81.9 Å². The van der Waals surface area contributed by atoms with E-state index in [0.717, 1.165) is 17.1 Å². The summed E-state index contributed by atoms with van der Waals surface area (Å²) in [7, 11) is -0.532. The van der Waals surface area contributed by atoms with Gasteiger partial charge in [-0.1, -0.05) is 13.3 Å². The molecule has 6 nitrogen and oxygen atoms in total. The van der Waals surface area contributed by atoms with E-state index in [-0.39, 0.29) is 4.90 Å².